The zero-order valence-corrected chi connectivity index (χ0v) is 17.3. The Kier molecular flexibility index (Phi) is 8.66. The maximum atomic E-state index is 5.86. The average Bonchev–Trinajstić information content (AvgIpc) is 2.69. The summed E-state index contributed by atoms with van der Waals surface area (Å²) >= 11 is 0. The molecule has 2 rings (SSSR count). The summed E-state index contributed by atoms with van der Waals surface area (Å²) in [5, 5.41) is 0. The van der Waals surface area contributed by atoms with Crippen LogP contribution in [0.1, 0.15) is 57.6 Å². The molecule has 0 aliphatic carbocycles. The molecule has 0 spiro atoms. The van der Waals surface area contributed by atoms with E-state index < -0.39 is 0 Å². The molecule has 0 unspecified atom stereocenters. The zero-order valence-electron chi connectivity index (χ0n) is 17.3. The Labute approximate surface area is 164 Å². The SMILES string of the molecule is CCCCCCOc1ccc(C(C)(C)c2ccc(OCCOC)cc2)cc1. The van der Waals surface area contributed by atoms with Gasteiger partial charge in [0.2, 0.25) is 0 Å². The van der Waals surface area contributed by atoms with E-state index in [2.05, 4.69) is 57.2 Å². The lowest BCUT2D eigenvalue weighted by Gasteiger charge is -2.26. The molecule has 0 aliphatic heterocycles. The second-order valence-electron chi connectivity index (χ2n) is 7.42. The zero-order chi connectivity index (χ0) is 19.5. The normalized spacial score (nSPS) is 11.4. The van der Waals surface area contributed by atoms with Gasteiger partial charge in [0.1, 0.15) is 18.1 Å². The molecule has 0 radical (unpaired) electrons. The minimum Gasteiger partial charge on any atom is -0.494 e. The lowest BCUT2D eigenvalue weighted by Crippen LogP contribution is -2.18. The van der Waals surface area contributed by atoms with Crippen LogP contribution < -0.4 is 9.47 Å². The largest absolute Gasteiger partial charge is 0.494 e. The van der Waals surface area contributed by atoms with Crippen molar-refractivity contribution in [1.82, 2.24) is 0 Å². The molecule has 3 nitrogen and oxygen atoms in total. The van der Waals surface area contributed by atoms with Gasteiger partial charge < -0.3 is 14.2 Å². The highest BCUT2D eigenvalue weighted by Crippen LogP contribution is 2.33. The third-order valence-corrected chi connectivity index (χ3v) is 4.97. The van der Waals surface area contributed by atoms with E-state index in [1.165, 1.54) is 30.4 Å². The quantitative estimate of drug-likeness (QED) is 0.429. The molecule has 27 heavy (non-hydrogen) atoms. The molecule has 0 bridgehead atoms. The summed E-state index contributed by atoms with van der Waals surface area (Å²) in [6, 6.07) is 16.8. The van der Waals surface area contributed by atoms with E-state index in [0.29, 0.717) is 13.2 Å². The lowest BCUT2D eigenvalue weighted by atomic mass is 9.78. The van der Waals surface area contributed by atoms with E-state index in [1.807, 2.05) is 12.1 Å². The third kappa shape index (κ3) is 6.59. The first-order valence-electron chi connectivity index (χ1n) is 10.0. The van der Waals surface area contributed by atoms with Crippen LogP contribution in [0.25, 0.3) is 0 Å². The van der Waals surface area contributed by atoms with Crippen molar-refractivity contribution in [2.45, 2.75) is 51.9 Å². The number of unbranched alkanes of at least 4 members (excludes halogenated alkanes) is 3. The van der Waals surface area contributed by atoms with Crippen molar-refractivity contribution in [1.29, 1.82) is 0 Å². The fraction of sp³-hybridized carbons (Fsp3) is 0.500. The van der Waals surface area contributed by atoms with Gasteiger partial charge >= 0.3 is 0 Å². The third-order valence-electron chi connectivity index (χ3n) is 4.97. The number of rotatable bonds is 12. The van der Waals surface area contributed by atoms with Gasteiger partial charge in [0.15, 0.2) is 0 Å². The summed E-state index contributed by atoms with van der Waals surface area (Å²) in [5.74, 6) is 1.83. The number of hydrogen-bond acceptors (Lipinski definition) is 3. The van der Waals surface area contributed by atoms with E-state index in [0.717, 1.165) is 24.5 Å². The molecule has 0 aromatic heterocycles. The molecule has 148 valence electrons. The number of benzene rings is 2. The second kappa shape index (κ2) is 11.0. The predicted molar refractivity (Wildman–Crippen MR) is 112 cm³/mol. The molecule has 2 aromatic carbocycles. The first-order chi connectivity index (χ1) is 13.1. The van der Waals surface area contributed by atoms with Crippen LogP contribution in [0.2, 0.25) is 0 Å². The highest BCUT2D eigenvalue weighted by molar-refractivity contribution is 5.41. The van der Waals surface area contributed by atoms with Crippen LogP contribution in [0.15, 0.2) is 48.5 Å². The minimum atomic E-state index is -0.0787. The van der Waals surface area contributed by atoms with Gasteiger partial charge in [0.05, 0.1) is 13.2 Å². The lowest BCUT2D eigenvalue weighted by molar-refractivity contribution is 0.146. The smallest absolute Gasteiger partial charge is 0.119 e. The van der Waals surface area contributed by atoms with Gasteiger partial charge in [-0.1, -0.05) is 64.3 Å². The maximum absolute atomic E-state index is 5.86. The van der Waals surface area contributed by atoms with Crippen molar-refractivity contribution < 1.29 is 14.2 Å². The summed E-state index contributed by atoms with van der Waals surface area (Å²) in [6.45, 7) is 8.68. The summed E-state index contributed by atoms with van der Waals surface area (Å²) < 4.78 is 16.5. The highest BCUT2D eigenvalue weighted by Gasteiger charge is 2.23. The van der Waals surface area contributed by atoms with Gasteiger partial charge in [-0.2, -0.15) is 0 Å². The van der Waals surface area contributed by atoms with Gasteiger partial charge in [-0.3, -0.25) is 0 Å². The number of methoxy groups -OCH3 is 1. The van der Waals surface area contributed by atoms with Gasteiger partial charge in [0.25, 0.3) is 0 Å². The van der Waals surface area contributed by atoms with E-state index >= 15 is 0 Å². The molecule has 0 saturated carbocycles. The Bertz CT molecular complexity index is 644. The Hall–Kier alpha value is -2.00. The van der Waals surface area contributed by atoms with Crippen LogP contribution in [0.5, 0.6) is 11.5 Å². The van der Waals surface area contributed by atoms with Gasteiger partial charge in [0, 0.05) is 12.5 Å². The van der Waals surface area contributed by atoms with Gasteiger partial charge in [-0.05, 0) is 41.8 Å². The van der Waals surface area contributed by atoms with Crippen molar-refractivity contribution >= 4 is 0 Å². The predicted octanol–water partition coefficient (Wildman–Crippen LogP) is 6.00. The Morgan fingerprint density at radius 2 is 1.19 bits per heavy atom. The van der Waals surface area contributed by atoms with E-state index in [9.17, 15) is 0 Å². The van der Waals surface area contributed by atoms with Crippen molar-refractivity contribution in [3.8, 4) is 11.5 Å². The van der Waals surface area contributed by atoms with Crippen molar-refractivity contribution in [3.05, 3.63) is 59.7 Å². The first-order valence-corrected chi connectivity index (χ1v) is 10.0. The van der Waals surface area contributed by atoms with Gasteiger partial charge in [-0.15, -0.1) is 0 Å². The summed E-state index contributed by atoms with van der Waals surface area (Å²) in [6.07, 6.45) is 4.91. The molecule has 0 atom stereocenters. The Morgan fingerprint density at radius 1 is 0.667 bits per heavy atom. The van der Waals surface area contributed by atoms with Crippen LogP contribution in [0.4, 0.5) is 0 Å². The molecule has 0 N–H and O–H groups in total. The Morgan fingerprint density at radius 3 is 1.67 bits per heavy atom. The topological polar surface area (TPSA) is 27.7 Å². The van der Waals surface area contributed by atoms with E-state index in [-0.39, 0.29) is 5.41 Å². The number of hydrogen-bond donors (Lipinski definition) is 0. The van der Waals surface area contributed by atoms with Crippen LogP contribution in [0.3, 0.4) is 0 Å². The fourth-order valence-electron chi connectivity index (χ4n) is 3.06. The molecule has 2 aromatic rings. The van der Waals surface area contributed by atoms with Crippen LogP contribution in [-0.2, 0) is 10.2 Å². The molecular formula is C24H34O3. The van der Waals surface area contributed by atoms with Gasteiger partial charge in [-0.25, -0.2) is 0 Å². The molecular weight excluding hydrogens is 336 g/mol. The van der Waals surface area contributed by atoms with Crippen LogP contribution in [0, 0.1) is 0 Å². The van der Waals surface area contributed by atoms with Crippen molar-refractivity contribution in [2.75, 3.05) is 26.9 Å². The molecule has 0 aliphatic rings. The fourth-order valence-corrected chi connectivity index (χ4v) is 3.06. The van der Waals surface area contributed by atoms with E-state index in [1.54, 1.807) is 7.11 Å². The summed E-state index contributed by atoms with van der Waals surface area (Å²) in [7, 11) is 1.68. The van der Waals surface area contributed by atoms with Crippen molar-refractivity contribution in [3.63, 3.8) is 0 Å². The van der Waals surface area contributed by atoms with Crippen LogP contribution >= 0.6 is 0 Å². The standard InChI is InChI=1S/C24H34O3/c1-5-6-7-8-17-26-22-13-9-20(10-14-22)24(2,3)21-11-15-23(16-12-21)27-19-18-25-4/h9-16H,5-8,17-19H2,1-4H3. The highest BCUT2D eigenvalue weighted by atomic mass is 16.5. The van der Waals surface area contributed by atoms with Crippen molar-refractivity contribution in [2.24, 2.45) is 0 Å². The monoisotopic (exact) mass is 370 g/mol. The first kappa shape index (κ1) is 21.3. The summed E-state index contributed by atoms with van der Waals surface area (Å²) in [5.41, 5.74) is 2.45. The molecule has 0 fully saturated rings. The second-order valence-corrected chi connectivity index (χ2v) is 7.42. The maximum Gasteiger partial charge on any atom is 0.119 e. The number of ether oxygens (including phenoxy) is 3. The Balaban J connectivity index is 1.95. The molecule has 0 heterocycles. The average molecular weight is 371 g/mol. The van der Waals surface area contributed by atoms with Crippen LogP contribution in [-0.4, -0.2) is 26.9 Å². The minimum absolute atomic E-state index is 0.0787. The van der Waals surface area contributed by atoms with E-state index in [4.69, 9.17) is 14.2 Å². The molecule has 0 amide bonds. The summed E-state index contributed by atoms with van der Waals surface area (Å²) in [4.78, 5) is 0. The molecule has 3 heteroatoms. The molecule has 0 saturated heterocycles.